The molecule has 4 heteroatoms. The summed E-state index contributed by atoms with van der Waals surface area (Å²) >= 11 is 0. The summed E-state index contributed by atoms with van der Waals surface area (Å²) in [7, 11) is 0. The van der Waals surface area contributed by atoms with Gasteiger partial charge in [0.05, 0.1) is 12.7 Å². The summed E-state index contributed by atoms with van der Waals surface area (Å²) in [5.41, 5.74) is 5.85. The Morgan fingerprint density at radius 1 is 1.41 bits per heavy atom. The Bertz CT molecular complexity index is 309. The molecule has 0 aromatic carbocycles. The van der Waals surface area contributed by atoms with Crippen LogP contribution in [0.3, 0.4) is 0 Å². The highest BCUT2D eigenvalue weighted by Gasteiger charge is 2.57. The van der Waals surface area contributed by atoms with E-state index in [1.807, 2.05) is 11.8 Å². The van der Waals surface area contributed by atoms with Gasteiger partial charge < -0.3 is 15.4 Å². The lowest BCUT2D eigenvalue weighted by Crippen LogP contribution is -2.52. The van der Waals surface area contributed by atoms with Crippen LogP contribution < -0.4 is 5.73 Å². The zero-order valence-corrected chi connectivity index (χ0v) is 10.5. The largest absolute Gasteiger partial charge is 0.373 e. The minimum atomic E-state index is 0.00398. The molecule has 2 aliphatic carbocycles. The van der Waals surface area contributed by atoms with Gasteiger partial charge in [-0.15, -0.1) is 0 Å². The highest BCUT2D eigenvalue weighted by Crippen LogP contribution is 2.58. The van der Waals surface area contributed by atoms with Crippen LogP contribution in [0, 0.1) is 17.8 Å². The molecule has 1 aliphatic heterocycles. The first-order valence-electron chi connectivity index (χ1n) is 6.84. The molecule has 4 unspecified atom stereocenters. The normalized spacial score (nSPS) is 42.1. The van der Waals surface area contributed by atoms with Crippen LogP contribution in [0.2, 0.25) is 0 Å². The van der Waals surface area contributed by atoms with Gasteiger partial charge in [-0.1, -0.05) is 6.42 Å². The van der Waals surface area contributed by atoms with Gasteiger partial charge in [0, 0.05) is 25.0 Å². The SMILES string of the molecule is CC(N)C1CN(C(=O)C2C3CCCC32)CCO1. The molecular formula is C13H22N2O2. The Morgan fingerprint density at radius 2 is 2.12 bits per heavy atom. The van der Waals surface area contributed by atoms with Crippen molar-refractivity contribution in [2.45, 2.75) is 38.3 Å². The summed E-state index contributed by atoms with van der Waals surface area (Å²) in [6.07, 6.45) is 3.88. The number of ether oxygens (including phenoxy) is 1. The zero-order chi connectivity index (χ0) is 12.0. The highest BCUT2D eigenvalue weighted by atomic mass is 16.5. The van der Waals surface area contributed by atoms with Crippen LogP contribution in [0.5, 0.6) is 0 Å². The van der Waals surface area contributed by atoms with E-state index >= 15 is 0 Å². The predicted octanol–water partition coefficient (Wildman–Crippen LogP) is 0.607. The fourth-order valence-corrected chi connectivity index (χ4v) is 3.59. The Kier molecular flexibility index (Phi) is 2.87. The molecular weight excluding hydrogens is 216 g/mol. The van der Waals surface area contributed by atoms with E-state index in [1.54, 1.807) is 0 Å². The Morgan fingerprint density at radius 3 is 2.76 bits per heavy atom. The summed E-state index contributed by atoms with van der Waals surface area (Å²) in [5, 5.41) is 0. The molecule has 1 heterocycles. The van der Waals surface area contributed by atoms with Crippen molar-refractivity contribution in [2.75, 3.05) is 19.7 Å². The second-order valence-corrected chi connectivity index (χ2v) is 5.84. The van der Waals surface area contributed by atoms with Crippen LogP contribution in [0.4, 0.5) is 0 Å². The molecule has 0 aromatic rings. The third-order valence-electron chi connectivity index (χ3n) is 4.68. The highest BCUT2D eigenvalue weighted by molar-refractivity contribution is 5.82. The van der Waals surface area contributed by atoms with Gasteiger partial charge in [0.1, 0.15) is 0 Å². The minimum absolute atomic E-state index is 0.00398. The molecule has 3 aliphatic rings. The van der Waals surface area contributed by atoms with Crippen LogP contribution >= 0.6 is 0 Å². The van der Waals surface area contributed by atoms with Gasteiger partial charge >= 0.3 is 0 Å². The topological polar surface area (TPSA) is 55.6 Å². The average Bonchev–Trinajstić information content (AvgIpc) is 2.81. The monoisotopic (exact) mass is 238 g/mol. The number of nitrogens with zero attached hydrogens (tertiary/aromatic N) is 1. The second-order valence-electron chi connectivity index (χ2n) is 5.84. The first-order valence-corrected chi connectivity index (χ1v) is 6.84. The summed E-state index contributed by atoms with van der Waals surface area (Å²) in [4.78, 5) is 14.4. The number of hydrogen-bond donors (Lipinski definition) is 1. The average molecular weight is 238 g/mol. The Balaban J connectivity index is 1.59. The molecule has 0 aromatic heterocycles. The van der Waals surface area contributed by atoms with Crippen molar-refractivity contribution in [3.05, 3.63) is 0 Å². The summed E-state index contributed by atoms with van der Waals surface area (Å²) in [6, 6.07) is 0.00398. The van der Waals surface area contributed by atoms with Crippen molar-refractivity contribution in [3.63, 3.8) is 0 Å². The van der Waals surface area contributed by atoms with Gasteiger partial charge in [0.15, 0.2) is 0 Å². The summed E-state index contributed by atoms with van der Waals surface area (Å²) in [5.74, 6) is 2.13. The Hall–Kier alpha value is -0.610. The predicted molar refractivity (Wildman–Crippen MR) is 64.3 cm³/mol. The maximum Gasteiger partial charge on any atom is 0.226 e. The van der Waals surface area contributed by atoms with E-state index < -0.39 is 0 Å². The van der Waals surface area contributed by atoms with Crippen LogP contribution in [0.25, 0.3) is 0 Å². The van der Waals surface area contributed by atoms with Crippen molar-refractivity contribution in [3.8, 4) is 0 Å². The number of hydrogen-bond acceptors (Lipinski definition) is 3. The molecule has 2 N–H and O–H groups in total. The van der Waals surface area contributed by atoms with Crippen molar-refractivity contribution in [1.82, 2.24) is 4.90 Å². The summed E-state index contributed by atoms with van der Waals surface area (Å²) in [6.45, 7) is 4.02. The number of morpholine rings is 1. The molecule has 1 amide bonds. The number of rotatable bonds is 2. The summed E-state index contributed by atoms with van der Waals surface area (Å²) < 4.78 is 5.60. The number of amides is 1. The van der Waals surface area contributed by atoms with Crippen LogP contribution in [-0.2, 0) is 9.53 Å². The lowest BCUT2D eigenvalue weighted by molar-refractivity contribution is -0.141. The van der Waals surface area contributed by atoms with E-state index in [4.69, 9.17) is 10.5 Å². The molecule has 1 saturated heterocycles. The zero-order valence-electron chi connectivity index (χ0n) is 10.5. The van der Waals surface area contributed by atoms with Crippen molar-refractivity contribution < 1.29 is 9.53 Å². The van der Waals surface area contributed by atoms with Crippen LogP contribution in [0.15, 0.2) is 0 Å². The second kappa shape index (κ2) is 4.25. The van der Waals surface area contributed by atoms with Gasteiger partial charge in [0.2, 0.25) is 5.91 Å². The van der Waals surface area contributed by atoms with E-state index in [0.717, 1.165) is 6.54 Å². The van der Waals surface area contributed by atoms with Crippen LogP contribution in [0.1, 0.15) is 26.2 Å². The molecule has 96 valence electrons. The van der Waals surface area contributed by atoms with Gasteiger partial charge in [-0.05, 0) is 31.6 Å². The van der Waals surface area contributed by atoms with E-state index in [2.05, 4.69) is 0 Å². The third kappa shape index (κ3) is 1.97. The van der Waals surface area contributed by atoms with Gasteiger partial charge in [-0.25, -0.2) is 0 Å². The quantitative estimate of drug-likeness (QED) is 0.767. The first kappa shape index (κ1) is 11.5. The number of carbonyl (C=O) groups is 1. The molecule has 3 fully saturated rings. The third-order valence-corrected chi connectivity index (χ3v) is 4.68. The maximum absolute atomic E-state index is 12.4. The molecule has 0 radical (unpaired) electrons. The van der Waals surface area contributed by atoms with Crippen molar-refractivity contribution >= 4 is 5.91 Å². The van der Waals surface area contributed by atoms with E-state index in [1.165, 1.54) is 19.3 Å². The van der Waals surface area contributed by atoms with Crippen molar-refractivity contribution in [2.24, 2.45) is 23.5 Å². The lowest BCUT2D eigenvalue weighted by atomic mass is 10.1. The minimum Gasteiger partial charge on any atom is -0.373 e. The fraction of sp³-hybridized carbons (Fsp3) is 0.923. The molecule has 2 saturated carbocycles. The molecule has 0 bridgehead atoms. The van der Waals surface area contributed by atoms with Gasteiger partial charge in [0.25, 0.3) is 0 Å². The molecule has 0 spiro atoms. The molecule has 4 atom stereocenters. The molecule has 4 nitrogen and oxygen atoms in total. The standard InChI is InChI=1S/C13H22N2O2/c1-8(14)11-7-15(5-6-17-11)13(16)12-9-3-2-4-10(9)12/h8-12H,2-7,14H2,1H3. The maximum atomic E-state index is 12.4. The van der Waals surface area contributed by atoms with Gasteiger partial charge in [-0.2, -0.15) is 0 Å². The lowest BCUT2D eigenvalue weighted by Gasteiger charge is -2.35. The number of fused-ring (bicyclic) bond motifs is 1. The fourth-order valence-electron chi connectivity index (χ4n) is 3.59. The first-order chi connectivity index (χ1) is 8.18. The number of carbonyl (C=O) groups excluding carboxylic acids is 1. The van der Waals surface area contributed by atoms with E-state index in [-0.39, 0.29) is 12.1 Å². The molecule has 17 heavy (non-hydrogen) atoms. The van der Waals surface area contributed by atoms with E-state index in [0.29, 0.717) is 36.8 Å². The van der Waals surface area contributed by atoms with Crippen LogP contribution in [-0.4, -0.2) is 42.6 Å². The smallest absolute Gasteiger partial charge is 0.226 e. The van der Waals surface area contributed by atoms with E-state index in [9.17, 15) is 4.79 Å². The van der Waals surface area contributed by atoms with Crippen molar-refractivity contribution in [1.29, 1.82) is 0 Å². The van der Waals surface area contributed by atoms with Gasteiger partial charge in [-0.3, -0.25) is 4.79 Å². The number of nitrogens with two attached hydrogens (primary N) is 1. The molecule has 3 rings (SSSR count). The Labute approximate surface area is 102 Å².